The molecule has 1 aliphatic heterocycles. The van der Waals surface area contributed by atoms with Gasteiger partial charge in [0.15, 0.2) is 11.5 Å². The fourth-order valence-electron chi connectivity index (χ4n) is 5.59. The first-order chi connectivity index (χ1) is 31.6. The van der Waals surface area contributed by atoms with E-state index >= 15 is 0 Å². The van der Waals surface area contributed by atoms with Gasteiger partial charge in [-0.15, -0.1) is 11.3 Å². The summed E-state index contributed by atoms with van der Waals surface area (Å²) in [6.45, 7) is 10.4. The van der Waals surface area contributed by atoms with Crippen LogP contribution in [-0.4, -0.2) is 90.5 Å². The molecule has 1 aliphatic rings. The first-order valence-electron chi connectivity index (χ1n) is 19.1. The van der Waals surface area contributed by atoms with E-state index in [1.165, 1.54) is 73.9 Å². The SMILES string of the molecule is CN=C=S.O=C(O)c1ccnc(-c2cc(C(=O)O)cc(-c3cc(C(=O)O)ccn3)n2)c1.[C-]#[N+]/C(=C\C(=N)C(F)(F)F)c1cc(/C=C/c2sc(CCCCCC)c3c2OCCO3)ccn1.[Ru+][I]. The molecule has 344 valence electrons. The van der Waals surface area contributed by atoms with Gasteiger partial charge < -0.3 is 24.8 Å². The summed E-state index contributed by atoms with van der Waals surface area (Å²) in [5.74, 6) is -2.03. The molecular formula is C44H38F3IN7O8RuS2+. The molecule has 15 nitrogen and oxygen atoms in total. The number of nitrogens with zero attached hydrogens (tertiary/aromatic N) is 6. The molecule has 6 rings (SSSR count). The number of aromatic carboxylic acids is 3. The minimum absolute atomic E-state index is 0.0323. The topological polar surface area (TPSA) is 222 Å². The van der Waals surface area contributed by atoms with Gasteiger partial charge in [-0.3, -0.25) is 20.4 Å². The summed E-state index contributed by atoms with van der Waals surface area (Å²) < 4.78 is 49.8. The van der Waals surface area contributed by atoms with Gasteiger partial charge in [0, 0.05) is 25.6 Å². The van der Waals surface area contributed by atoms with Gasteiger partial charge in [-0.25, -0.2) is 29.2 Å². The number of hydrogen-bond acceptors (Lipinski definition) is 13. The number of carbonyl (C=O) groups is 3. The van der Waals surface area contributed by atoms with Crippen molar-refractivity contribution < 1.29 is 67.1 Å². The Morgan fingerprint density at radius 1 is 0.879 bits per heavy atom. The minimum atomic E-state index is -4.82. The molecule has 0 aromatic carbocycles. The maximum absolute atomic E-state index is 12.7. The van der Waals surface area contributed by atoms with Crippen molar-refractivity contribution in [2.75, 3.05) is 20.3 Å². The van der Waals surface area contributed by atoms with Gasteiger partial charge in [0.1, 0.15) is 18.9 Å². The molecule has 0 radical (unpaired) electrons. The Hall–Kier alpha value is -6.11. The Bertz CT molecular complexity index is 2610. The summed E-state index contributed by atoms with van der Waals surface area (Å²) in [6, 6.07) is 10.8. The van der Waals surface area contributed by atoms with Crippen molar-refractivity contribution in [3.63, 3.8) is 0 Å². The number of ether oxygens (including phenoxy) is 2. The molecule has 66 heavy (non-hydrogen) atoms. The van der Waals surface area contributed by atoms with Gasteiger partial charge in [-0.2, -0.15) is 13.2 Å². The van der Waals surface area contributed by atoms with Gasteiger partial charge in [0.05, 0.1) is 66.6 Å². The zero-order chi connectivity index (χ0) is 48.8. The number of rotatable bonds is 14. The van der Waals surface area contributed by atoms with E-state index in [0.717, 1.165) is 40.5 Å². The molecule has 0 bridgehead atoms. The van der Waals surface area contributed by atoms with Gasteiger partial charge >= 0.3 is 58.6 Å². The van der Waals surface area contributed by atoms with E-state index in [1.54, 1.807) is 30.5 Å². The summed E-state index contributed by atoms with van der Waals surface area (Å²) in [5, 5.41) is 36.8. The van der Waals surface area contributed by atoms with Crippen LogP contribution in [0, 0.1) is 12.0 Å². The molecule has 22 heteroatoms. The summed E-state index contributed by atoms with van der Waals surface area (Å²) in [6.07, 6.45) is 8.87. The third-order valence-electron chi connectivity index (χ3n) is 8.63. The van der Waals surface area contributed by atoms with Gasteiger partial charge in [0.2, 0.25) is 5.70 Å². The Balaban J connectivity index is 0.000000318. The summed E-state index contributed by atoms with van der Waals surface area (Å²) in [4.78, 5) is 58.6. The number of halogens is 4. The summed E-state index contributed by atoms with van der Waals surface area (Å²) in [7, 11) is 1.59. The summed E-state index contributed by atoms with van der Waals surface area (Å²) >= 11 is 10.1. The molecule has 0 unspecified atom stereocenters. The first-order valence-corrected chi connectivity index (χ1v) is 25.5. The maximum atomic E-state index is 12.7. The van der Waals surface area contributed by atoms with Crippen LogP contribution in [0.15, 0.2) is 78.2 Å². The van der Waals surface area contributed by atoms with Crippen molar-refractivity contribution in [1.29, 1.82) is 5.41 Å². The number of carboxylic acids is 3. The normalized spacial score (nSPS) is 11.5. The second kappa shape index (κ2) is 27.4. The molecule has 4 N–H and O–H groups in total. The van der Waals surface area contributed by atoms with Crippen LogP contribution in [0.2, 0.25) is 0 Å². The molecule has 0 spiro atoms. The van der Waals surface area contributed by atoms with Gasteiger partial charge in [-0.1, -0.05) is 32.3 Å². The monoisotopic (exact) mass is 1140 g/mol. The number of aliphatic imine (C=N–C) groups is 1. The van der Waals surface area contributed by atoms with Crippen molar-refractivity contribution in [2.24, 2.45) is 4.99 Å². The number of thiophene rings is 1. The van der Waals surface area contributed by atoms with E-state index in [-0.39, 0.29) is 50.9 Å². The number of allylic oxidation sites excluding steroid dienone is 1. The Morgan fingerprint density at radius 3 is 1.91 bits per heavy atom. The molecule has 0 atom stereocenters. The number of aryl methyl sites for hydroxylation is 1. The third kappa shape index (κ3) is 16.4. The molecule has 5 aromatic rings. The number of aromatic nitrogens is 4. The fourth-order valence-corrected chi connectivity index (χ4v) is 6.73. The average molecular weight is 1140 g/mol. The van der Waals surface area contributed by atoms with Crippen molar-refractivity contribution in [3.05, 3.63) is 122 Å². The number of unbranched alkanes of at least 4 members (excludes halogenated alkanes) is 3. The molecule has 0 aliphatic carbocycles. The van der Waals surface area contributed by atoms with Crippen molar-refractivity contribution in [1.82, 2.24) is 19.9 Å². The van der Waals surface area contributed by atoms with Crippen LogP contribution in [-0.2, 0) is 21.2 Å². The fraction of sp³-hybridized carbons (Fsp3) is 0.227. The molecule has 5 aromatic heterocycles. The van der Waals surface area contributed by atoms with E-state index in [2.05, 4.69) is 88.6 Å². The second-order valence-corrected chi connectivity index (χ2v) is 14.5. The quantitative estimate of drug-likeness (QED) is 0.0203. The molecule has 0 fully saturated rings. The van der Waals surface area contributed by atoms with Crippen LogP contribution in [0.3, 0.4) is 0 Å². The molecular weight excluding hydrogens is 1100 g/mol. The summed E-state index contributed by atoms with van der Waals surface area (Å²) in [5.41, 5.74) is -0.821. The van der Waals surface area contributed by atoms with Crippen molar-refractivity contribution in [2.45, 2.75) is 45.2 Å². The second-order valence-electron chi connectivity index (χ2n) is 13.1. The van der Waals surface area contributed by atoms with E-state index < -0.39 is 29.8 Å². The van der Waals surface area contributed by atoms with E-state index in [9.17, 15) is 32.7 Å². The van der Waals surface area contributed by atoms with Crippen LogP contribution in [0.1, 0.15) is 84.7 Å². The van der Waals surface area contributed by atoms with Crippen LogP contribution >= 0.6 is 43.3 Å². The van der Waals surface area contributed by atoms with Crippen LogP contribution in [0.5, 0.6) is 11.5 Å². The molecule has 0 saturated carbocycles. The van der Waals surface area contributed by atoms with E-state index in [4.69, 9.17) is 31.7 Å². The molecule has 0 saturated heterocycles. The standard InChI is InChI=1S/C24H24F3N3O2S.C18H11N3O6.C2H3NS.HI.Ru/c1-3-4-5-6-7-19-22-23(32-13-12-31-22)20(33-19)9-8-16-10-11-30-18(14-16)17(29-2)15-21(28)24(25,26)27;22-16(23)9-1-3-19-12(5-9)14-7-11(18(26)27)8-15(21-14)13-6-10(17(24)25)2-4-20-13;1-3-2-4;;/h8-11,14-15,28H,3-7,12-13H2,1H3;1-8H,(H,22,23)(H,24,25)(H,26,27);1H3;1H;/q;;;;+2/p-1/b9-8+,17-15-,28-21?;;;;. The number of hydrogen-bond donors (Lipinski definition) is 4. The van der Waals surface area contributed by atoms with Crippen LogP contribution in [0.25, 0.3) is 45.5 Å². The number of isothiocyanates is 1. The number of fused-ring (bicyclic) bond motifs is 1. The zero-order valence-corrected chi connectivity index (χ0v) is 40.3. The Kier molecular flexibility index (Phi) is 22.5. The molecule has 6 heterocycles. The number of carboxylic acid groups (broad SMARTS) is 3. The predicted molar refractivity (Wildman–Crippen MR) is 251 cm³/mol. The van der Waals surface area contributed by atoms with Crippen LogP contribution in [0.4, 0.5) is 13.2 Å². The van der Waals surface area contributed by atoms with Gasteiger partial charge in [0.25, 0.3) is 0 Å². The number of pyridine rings is 4. The van der Waals surface area contributed by atoms with E-state index in [0.29, 0.717) is 24.9 Å². The van der Waals surface area contributed by atoms with E-state index in [1.807, 2.05) is 6.08 Å². The Labute approximate surface area is 406 Å². The number of alkyl halides is 3. The third-order valence-corrected chi connectivity index (χ3v) is 9.99. The Morgan fingerprint density at radius 2 is 1.41 bits per heavy atom. The van der Waals surface area contributed by atoms with Crippen molar-refractivity contribution in [3.8, 4) is 34.3 Å². The first kappa shape index (κ1) is 54.2. The van der Waals surface area contributed by atoms with Crippen LogP contribution < -0.4 is 9.47 Å². The number of nitrogens with one attached hydrogen (secondary N) is 1. The predicted octanol–water partition coefficient (Wildman–Crippen LogP) is 11.0. The average Bonchev–Trinajstić information content (AvgIpc) is 3.69. The van der Waals surface area contributed by atoms with Gasteiger partial charge in [-0.05, 0) is 91.3 Å². The zero-order valence-electron chi connectivity index (χ0n) is 34.8. The number of thiocarbonyl (C=S) groups is 1. The molecule has 0 amide bonds. The van der Waals surface area contributed by atoms with Crippen molar-refractivity contribution >= 4 is 89.9 Å².